The standard InChI is InChI=1S/C27H29N5O3/c1-27(2,3)35-26(33)31-14-13-19(15-31)32-16-22(23-24(28)29-17-30-25(23)32)18-9-11-21(12-10-18)34-20-7-5-4-6-8-20/h4-12,16-17,19H,13-15H2,1-3H3,(H2,28,29,30)/t19-/m1/s1. The maximum absolute atomic E-state index is 12.6. The predicted octanol–water partition coefficient (Wildman–Crippen LogP) is 5.65. The Hall–Kier alpha value is -4.07. The maximum Gasteiger partial charge on any atom is 0.410 e. The lowest BCUT2D eigenvalue weighted by molar-refractivity contribution is 0.0289. The summed E-state index contributed by atoms with van der Waals surface area (Å²) in [5.41, 5.74) is 8.47. The predicted molar refractivity (Wildman–Crippen MR) is 135 cm³/mol. The number of anilines is 1. The molecule has 2 aromatic heterocycles. The molecule has 1 aliphatic rings. The average Bonchev–Trinajstić information content (AvgIpc) is 3.45. The smallest absolute Gasteiger partial charge is 0.410 e. The minimum Gasteiger partial charge on any atom is -0.457 e. The van der Waals surface area contributed by atoms with Gasteiger partial charge in [-0.25, -0.2) is 14.8 Å². The highest BCUT2D eigenvalue weighted by molar-refractivity contribution is 6.00. The largest absolute Gasteiger partial charge is 0.457 e. The summed E-state index contributed by atoms with van der Waals surface area (Å²) < 4.78 is 13.6. The van der Waals surface area contributed by atoms with Gasteiger partial charge in [0.2, 0.25) is 0 Å². The third-order valence-corrected chi connectivity index (χ3v) is 5.99. The molecule has 8 nitrogen and oxygen atoms in total. The Morgan fingerprint density at radius 1 is 1.03 bits per heavy atom. The zero-order valence-electron chi connectivity index (χ0n) is 20.1. The molecule has 5 rings (SSSR count). The number of ether oxygens (including phenoxy) is 2. The van der Waals surface area contributed by atoms with Crippen molar-refractivity contribution in [2.24, 2.45) is 0 Å². The molecule has 0 saturated carbocycles. The van der Waals surface area contributed by atoms with Crippen molar-refractivity contribution in [1.29, 1.82) is 0 Å². The van der Waals surface area contributed by atoms with Crippen LogP contribution in [-0.4, -0.2) is 44.2 Å². The third kappa shape index (κ3) is 4.77. The normalized spacial score (nSPS) is 16.0. The Balaban J connectivity index is 1.43. The van der Waals surface area contributed by atoms with Crippen LogP contribution in [0.25, 0.3) is 22.2 Å². The number of nitrogen functional groups attached to an aromatic ring is 1. The molecular formula is C27H29N5O3. The number of amides is 1. The lowest BCUT2D eigenvalue weighted by Crippen LogP contribution is -2.35. The highest BCUT2D eigenvalue weighted by atomic mass is 16.6. The summed E-state index contributed by atoms with van der Waals surface area (Å²) >= 11 is 0. The van der Waals surface area contributed by atoms with E-state index in [2.05, 4.69) is 20.7 Å². The number of carbonyl (C=O) groups excluding carboxylic acids is 1. The van der Waals surface area contributed by atoms with Crippen molar-refractivity contribution >= 4 is 22.9 Å². The van der Waals surface area contributed by atoms with E-state index in [1.807, 2.05) is 75.4 Å². The van der Waals surface area contributed by atoms with Crippen LogP contribution in [-0.2, 0) is 4.74 Å². The molecule has 4 aromatic rings. The van der Waals surface area contributed by atoms with Crippen LogP contribution < -0.4 is 10.5 Å². The second-order valence-electron chi connectivity index (χ2n) is 9.72. The Labute approximate surface area is 204 Å². The van der Waals surface area contributed by atoms with Crippen molar-refractivity contribution in [3.8, 4) is 22.6 Å². The van der Waals surface area contributed by atoms with Crippen molar-refractivity contribution < 1.29 is 14.3 Å². The van der Waals surface area contributed by atoms with E-state index in [4.69, 9.17) is 15.2 Å². The molecule has 0 spiro atoms. The Morgan fingerprint density at radius 3 is 2.46 bits per heavy atom. The van der Waals surface area contributed by atoms with E-state index in [1.54, 1.807) is 4.90 Å². The van der Waals surface area contributed by atoms with E-state index in [-0.39, 0.29) is 12.1 Å². The zero-order chi connectivity index (χ0) is 24.6. The number of aromatic nitrogens is 3. The number of nitrogens with zero attached hydrogens (tertiary/aromatic N) is 4. The van der Waals surface area contributed by atoms with E-state index in [9.17, 15) is 4.79 Å². The summed E-state index contributed by atoms with van der Waals surface area (Å²) in [4.78, 5) is 23.1. The molecule has 180 valence electrons. The van der Waals surface area contributed by atoms with Crippen LogP contribution >= 0.6 is 0 Å². The first-order chi connectivity index (χ1) is 16.8. The second kappa shape index (κ2) is 8.94. The molecule has 1 saturated heterocycles. The zero-order valence-corrected chi connectivity index (χ0v) is 20.1. The monoisotopic (exact) mass is 471 g/mol. The van der Waals surface area contributed by atoms with Gasteiger partial charge in [-0.2, -0.15) is 0 Å². The van der Waals surface area contributed by atoms with Gasteiger partial charge in [0.05, 0.1) is 11.4 Å². The first-order valence-corrected chi connectivity index (χ1v) is 11.7. The van der Waals surface area contributed by atoms with E-state index >= 15 is 0 Å². The molecule has 3 heterocycles. The SMILES string of the molecule is CC(C)(C)OC(=O)N1CC[C@@H](n2cc(-c3ccc(Oc4ccccc4)cc3)c3c(N)ncnc32)C1. The van der Waals surface area contributed by atoms with Crippen molar-refractivity contribution in [2.45, 2.75) is 38.8 Å². The lowest BCUT2D eigenvalue weighted by atomic mass is 10.1. The van der Waals surface area contributed by atoms with Crippen LogP contribution in [0.4, 0.5) is 10.6 Å². The summed E-state index contributed by atoms with van der Waals surface area (Å²) in [7, 11) is 0. The highest BCUT2D eigenvalue weighted by Crippen LogP contribution is 2.37. The van der Waals surface area contributed by atoms with Crippen LogP contribution in [0.3, 0.4) is 0 Å². The molecule has 2 aromatic carbocycles. The number of likely N-dealkylation sites (tertiary alicyclic amines) is 1. The molecule has 0 bridgehead atoms. The first-order valence-electron chi connectivity index (χ1n) is 11.7. The van der Waals surface area contributed by atoms with Gasteiger partial charge in [-0.15, -0.1) is 0 Å². The summed E-state index contributed by atoms with van der Waals surface area (Å²) in [6, 6.07) is 17.6. The number of para-hydroxylation sites is 1. The molecular weight excluding hydrogens is 442 g/mol. The topological polar surface area (TPSA) is 95.5 Å². The van der Waals surface area contributed by atoms with Gasteiger partial charge >= 0.3 is 6.09 Å². The van der Waals surface area contributed by atoms with E-state index < -0.39 is 5.60 Å². The number of carbonyl (C=O) groups is 1. The first kappa shape index (κ1) is 22.7. The highest BCUT2D eigenvalue weighted by Gasteiger charge is 2.32. The van der Waals surface area contributed by atoms with Crippen molar-refractivity contribution in [2.75, 3.05) is 18.8 Å². The van der Waals surface area contributed by atoms with Gasteiger partial charge < -0.3 is 24.7 Å². The van der Waals surface area contributed by atoms with Crippen molar-refractivity contribution in [1.82, 2.24) is 19.4 Å². The summed E-state index contributed by atoms with van der Waals surface area (Å²) in [6.45, 7) is 6.80. The van der Waals surface area contributed by atoms with E-state index in [1.165, 1.54) is 6.33 Å². The van der Waals surface area contributed by atoms with Gasteiger partial charge in [0.1, 0.15) is 34.9 Å². The van der Waals surface area contributed by atoms with Gasteiger partial charge in [-0.05, 0) is 57.0 Å². The second-order valence-corrected chi connectivity index (χ2v) is 9.72. The number of benzene rings is 2. The van der Waals surface area contributed by atoms with Crippen molar-refractivity contribution in [3.63, 3.8) is 0 Å². The van der Waals surface area contributed by atoms with Crippen molar-refractivity contribution in [3.05, 3.63) is 67.1 Å². The molecule has 35 heavy (non-hydrogen) atoms. The average molecular weight is 472 g/mol. The van der Waals surface area contributed by atoms with Crippen LogP contribution in [0.15, 0.2) is 67.1 Å². The number of hydrogen-bond acceptors (Lipinski definition) is 6. The third-order valence-electron chi connectivity index (χ3n) is 5.99. The molecule has 8 heteroatoms. The van der Waals surface area contributed by atoms with E-state index in [0.29, 0.717) is 18.9 Å². The Kier molecular flexibility index (Phi) is 5.80. The molecule has 0 radical (unpaired) electrons. The molecule has 0 aliphatic carbocycles. The molecule has 0 unspecified atom stereocenters. The summed E-state index contributed by atoms with van der Waals surface area (Å²) in [5, 5.41) is 0.806. The number of nitrogens with two attached hydrogens (primary N) is 1. The molecule has 1 amide bonds. The van der Waals surface area contributed by atoms with Crippen LogP contribution in [0.5, 0.6) is 11.5 Å². The number of hydrogen-bond donors (Lipinski definition) is 1. The fourth-order valence-electron chi connectivity index (χ4n) is 4.39. The minimum absolute atomic E-state index is 0.0637. The summed E-state index contributed by atoms with van der Waals surface area (Å²) in [6.07, 6.45) is 4.05. The number of fused-ring (bicyclic) bond motifs is 1. The Morgan fingerprint density at radius 2 is 1.74 bits per heavy atom. The van der Waals surface area contributed by atoms with Gasteiger partial charge in [-0.3, -0.25) is 0 Å². The van der Waals surface area contributed by atoms with E-state index in [0.717, 1.165) is 40.1 Å². The van der Waals surface area contributed by atoms with Gasteiger partial charge in [0.15, 0.2) is 0 Å². The molecule has 1 atom stereocenters. The summed E-state index contributed by atoms with van der Waals surface area (Å²) in [5.74, 6) is 1.96. The van der Waals surface area contributed by atoms with Crippen LogP contribution in [0, 0.1) is 0 Å². The molecule has 1 fully saturated rings. The van der Waals surface area contributed by atoms with Crippen LogP contribution in [0.1, 0.15) is 33.2 Å². The molecule has 1 aliphatic heterocycles. The van der Waals surface area contributed by atoms with Gasteiger partial charge in [0.25, 0.3) is 0 Å². The van der Waals surface area contributed by atoms with Gasteiger partial charge in [-0.1, -0.05) is 30.3 Å². The fraction of sp³-hybridized carbons (Fsp3) is 0.296. The number of rotatable bonds is 4. The molecule has 2 N–H and O–H groups in total. The maximum atomic E-state index is 12.6. The quantitative estimate of drug-likeness (QED) is 0.413. The fourth-order valence-corrected chi connectivity index (χ4v) is 4.39. The lowest BCUT2D eigenvalue weighted by Gasteiger charge is -2.24. The Bertz CT molecular complexity index is 1340. The van der Waals surface area contributed by atoms with Crippen LogP contribution in [0.2, 0.25) is 0 Å². The van der Waals surface area contributed by atoms with Gasteiger partial charge in [0, 0.05) is 24.8 Å². The minimum atomic E-state index is -0.527.